The summed E-state index contributed by atoms with van der Waals surface area (Å²) < 4.78 is 13.8. The van der Waals surface area contributed by atoms with E-state index < -0.39 is 5.82 Å². The summed E-state index contributed by atoms with van der Waals surface area (Å²) in [5.41, 5.74) is 3.45. The molecular weight excluding hydrogens is 281 g/mol. The van der Waals surface area contributed by atoms with E-state index in [-0.39, 0.29) is 16.6 Å². The predicted molar refractivity (Wildman–Crippen MR) is 78.6 cm³/mol. The lowest BCUT2D eigenvalue weighted by molar-refractivity contribution is 0.631. The SMILES string of the molecule is CC(C)c1c(NN)ncnc1Nc1c(F)cccc1Cl. The summed E-state index contributed by atoms with van der Waals surface area (Å²) in [6.45, 7) is 3.93. The lowest BCUT2D eigenvalue weighted by Crippen LogP contribution is -2.14. The Kier molecular flexibility index (Phi) is 4.36. The van der Waals surface area contributed by atoms with Gasteiger partial charge in [-0.05, 0) is 18.1 Å². The highest BCUT2D eigenvalue weighted by molar-refractivity contribution is 6.33. The molecule has 0 amide bonds. The van der Waals surface area contributed by atoms with E-state index in [2.05, 4.69) is 20.7 Å². The van der Waals surface area contributed by atoms with Gasteiger partial charge in [0.05, 0.1) is 10.7 Å². The van der Waals surface area contributed by atoms with Crippen molar-refractivity contribution >= 4 is 28.9 Å². The predicted octanol–water partition coefficient (Wildman–Crippen LogP) is 3.42. The Balaban J connectivity index is 2.49. The van der Waals surface area contributed by atoms with E-state index in [9.17, 15) is 4.39 Å². The number of rotatable bonds is 4. The van der Waals surface area contributed by atoms with Gasteiger partial charge < -0.3 is 10.7 Å². The third-order valence-electron chi connectivity index (χ3n) is 2.80. The summed E-state index contributed by atoms with van der Waals surface area (Å²) in [5.74, 6) is 6.04. The normalized spacial score (nSPS) is 10.7. The Hall–Kier alpha value is -1.92. The van der Waals surface area contributed by atoms with Crippen molar-refractivity contribution in [3.8, 4) is 0 Å². The fraction of sp³-hybridized carbons (Fsp3) is 0.231. The summed E-state index contributed by atoms with van der Waals surface area (Å²) in [6.07, 6.45) is 1.35. The molecule has 7 heteroatoms. The van der Waals surface area contributed by atoms with E-state index >= 15 is 0 Å². The van der Waals surface area contributed by atoms with E-state index in [1.807, 2.05) is 13.8 Å². The van der Waals surface area contributed by atoms with E-state index in [0.29, 0.717) is 11.6 Å². The Morgan fingerprint density at radius 3 is 2.55 bits per heavy atom. The molecule has 1 aromatic heterocycles. The second-order valence-corrected chi connectivity index (χ2v) is 4.91. The number of benzene rings is 1. The van der Waals surface area contributed by atoms with Gasteiger partial charge in [0.2, 0.25) is 0 Å². The van der Waals surface area contributed by atoms with Gasteiger partial charge in [-0.1, -0.05) is 31.5 Å². The third kappa shape index (κ3) is 2.81. The topological polar surface area (TPSA) is 75.9 Å². The molecule has 1 aromatic carbocycles. The van der Waals surface area contributed by atoms with Gasteiger partial charge in [-0.15, -0.1) is 0 Å². The first-order valence-electron chi connectivity index (χ1n) is 6.07. The van der Waals surface area contributed by atoms with Crippen LogP contribution in [-0.4, -0.2) is 9.97 Å². The number of nitrogens with zero attached hydrogens (tertiary/aromatic N) is 2. The standard InChI is InChI=1S/C13H15ClFN5/c1-7(2)10-12(17-6-18-13(10)20-16)19-11-8(14)4-3-5-9(11)15/h3-7H,16H2,1-2H3,(H2,17,18,19,20). The molecule has 20 heavy (non-hydrogen) atoms. The van der Waals surface area contributed by atoms with Gasteiger partial charge in [0, 0.05) is 5.56 Å². The Bertz CT molecular complexity index is 597. The van der Waals surface area contributed by atoms with Crippen LogP contribution in [0.4, 0.5) is 21.7 Å². The van der Waals surface area contributed by atoms with Gasteiger partial charge in [0.1, 0.15) is 23.8 Å². The molecule has 2 rings (SSSR count). The summed E-state index contributed by atoms with van der Waals surface area (Å²) >= 11 is 6.00. The summed E-state index contributed by atoms with van der Waals surface area (Å²) in [6, 6.07) is 4.47. The van der Waals surface area contributed by atoms with Gasteiger partial charge >= 0.3 is 0 Å². The smallest absolute Gasteiger partial charge is 0.148 e. The summed E-state index contributed by atoms with van der Waals surface area (Å²) in [7, 11) is 0. The number of aromatic nitrogens is 2. The van der Waals surface area contributed by atoms with Crippen LogP contribution in [0.1, 0.15) is 25.3 Å². The highest BCUT2D eigenvalue weighted by atomic mass is 35.5. The average Bonchev–Trinajstić information content (AvgIpc) is 2.42. The van der Waals surface area contributed by atoms with Crippen LogP contribution in [0.3, 0.4) is 0 Å². The number of halogens is 2. The minimum Gasteiger partial charge on any atom is -0.336 e. The molecule has 0 aliphatic carbocycles. The number of hydrogen-bond donors (Lipinski definition) is 3. The van der Waals surface area contributed by atoms with Gasteiger partial charge in [-0.2, -0.15) is 0 Å². The first-order valence-corrected chi connectivity index (χ1v) is 6.45. The molecular formula is C13H15ClFN5. The molecule has 2 aromatic rings. The monoisotopic (exact) mass is 295 g/mol. The largest absolute Gasteiger partial charge is 0.336 e. The van der Waals surface area contributed by atoms with Crippen molar-refractivity contribution in [1.82, 2.24) is 9.97 Å². The Labute approximate surface area is 121 Å². The van der Waals surface area contributed by atoms with Crippen LogP contribution in [0.2, 0.25) is 5.02 Å². The van der Waals surface area contributed by atoms with Crippen molar-refractivity contribution in [1.29, 1.82) is 0 Å². The van der Waals surface area contributed by atoms with Gasteiger partial charge in [0.15, 0.2) is 0 Å². The zero-order valence-electron chi connectivity index (χ0n) is 11.1. The Morgan fingerprint density at radius 2 is 1.95 bits per heavy atom. The second-order valence-electron chi connectivity index (χ2n) is 4.51. The minimum absolute atomic E-state index is 0.0929. The zero-order valence-corrected chi connectivity index (χ0v) is 11.9. The maximum Gasteiger partial charge on any atom is 0.148 e. The van der Waals surface area contributed by atoms with Crippen LogP contribution in [0.5, 0.6) is 0 Å². The number of nitrogens with one attached hydrogen (secondary N) is 2. The van der Waals surface area contributed by atoms with E-state index in [0.717, 1.165) is 5.56 Å². The van der Waals surface area contributed by atoms with Crippen LogP contribution in [-0.2, 0) is 0 Å². The molecule has 4 N–H and O–H groups in total. The number of nitrogen functional groups attached to an aromatic ring is 1. The number of hydrazine groups is 1. The molecule has 0 atom stereocenters. The van der Waals surface area contributed by atoms with Crippen LogP contribution in [0.15, 0.2) is 24.5 Å². The van der Waals surface area contributed by atoms with Gasteiger partial charge in [-0.3, -0.25) is 0 Å². The van der Waals surface area contributed by atoms with Crippen LogP contribution in [0, 0.1) is 5.82 Å². The fourth-order valence-electron chi connectivity index (χ4n) is 1.89. The first kappa shape index (κ1) is 14.5. The maximum atomic E-state index is 13.8. The molecule has 0 fully saturated rings. The third-order valence-corrected chi connectivity index (χ3v) is 3.12. The Morgan fingerprint density at radius 1 is 1.25 bits per heavy atom. The van der Waals surface area contributed by atoms with Gasteiger partial charge in [0.25, 0.3) is 0 Å². The van der Waals surface area contributed by atoms with Crippen molar-refractivity contribution in [2.45, 2.75) is 19.8 Å². The molecule has 0 saturated heterocycles. The van der Waals surface area contributed by atoms with Crippen LogP contribution in [0.25, 0.3) is 0 Å². The highest BCUT2D eigenvalue weighted by Crippen LogP contribution is 2.33. The maximum absolute atomic E-state index is 13.8. The minimum atomic E-state index is -0.451. The van der Waals surface area contributed by atoms with E-state index in [4.69, 9.17) is 17.4 Å². The molecule has 0 spiro atoms. The van der Waals surface area contributed by atoms with E-state index in [1.54, 1.807) is 12.1 Å². The molecule has 1 heterocycles. The van der Waals surface area contributed by atoms with Crippen molar-refractivity contribution in [3.05, 3.63) is 40.9 Å². The van der Waals surface area contributed by atoms with Crippen LogP contribution >= 0.6 is 11.6 Å². The zero-order chi connectivity index (χ0) is 14.7. The second kappa shape index (κ2) is 6.02. The summed E-state index contributed by atoms with van der Waals surface area (Å²) in [4.78, 5) is 8.19. The number of anilines is 3. The van der Waals surface area contributed by atoms with Crippen molar-refractivity contribution in [2.24, 2.45) is 5.84 Å². The molecule has 0 saturated carbocycles. The van der Waals surface area contributed by atoms with Crippen molar-refractivity contribution in [2.75, 3.05) is 10.7 Å². The van der Waals surface area contributed by atoms with Crippen molar-refractivity contribution in [3.63, 3.8) is 0 Å². The number of para-hydroxylation sites is 1. The fourth-order valence-corrected chi connectivity index (χ4v) is 2.10. The molecule has 0 bridgehead atoms. The molecule has 106 valence electrons. The van der Waals surface area contributed by atoms with Crippen LogP contribution < -0.4 is 16.6 Å². The number of hydrogen-bond acceptors (Lipinski definition) is 5. The average molecular weight is 296 g/mol. The highest BCUT2D eigenvalue weighted by Gasteiger charge is 2.16. The summed E-state index contributed by atoms with van der Waals surface area (Å²) in [5, 5.41) is 3.19. The van der Waals surface area contributed by atoms with Crippen molar-refractivity contribution < 1.29 is 4.39 Å². The molecule has 5 nitrogen and oxygen atoms in total. The molecule has 0 aliphatic rings. The molecule has 0 radical (unpaired) electrons. The lowest BCUT2D eigenvalue weighted by Gasteiger charge is -2.17. The quantitative estimate of drug-likeness (QED) is 0.595. The first-order chi connectivity index (χ1) is 9.54. The lowest BCUT2D eigenvalue weighted by atomic mass is 10.0. The molecule has 0 aliphatic heterocycles. The van der Waals surface area contributed by atoms with Gasteiger partial charge in [-0.25, -0.2) is 20.2 Å². The van der Waals surface area contributed by atoms with E-state index in [1.165, 1.54) is 12.4 Å². The number of nitrogens with two attached hydrogens (primary N) is 1. The molecule has 0 unspecified atom stereocenters.